The highest BCUT2D eigenvalue weighted by Crippen LogP contribution is 2.30. The predicted octanol–water partition coefficient (Wildman–Crippen LogP) is 1.99. The number of ketones is 2. The second-order valence-electron chi connectivity index (χ2n) is 5.01. The van der Waals surface area contributed by atoms with E-state index in [0.29, 0.717) is 4.88 Å². The van der Waals surface area contributed by atoms with Crippen LogP contribution in [-0.4, -0.2) is 27.3 Å². The molecule has 3 aromatic rings. The van der Waals surface area contributed by atoms with Gasteiger partial charge in [-0.05, 0) is 11.4 Å². The van der Waals surface area contributed by atoms with Crippen molar-refractivity contribution in [1.82, 2.24) is 9.78 Å². The first-order valence-electron chi connectivity index (χ1n) is 6.74. The van der Waals surface area contributed by atoms with Gasteiger partial charge in [0.1, 0.15) is 11.5 Å². The minimum absolute atomic E-state index is 0.00129. The van der Waals surface area contributed by atoms with Crippen LogP contribution in [0.5, 0.6) is 0 Å². The normalized spacial score (nSPS) is 12.9. The summed E-state index contributed by atoms with van der Waals surface area (Å²) >= 11 is 1.23. The van der Waals surface area contributed by atoms with Crippen molar-refractivity contribution in [1.29, 1.82) is 0 Å². The van der Waals surface area contributed by atoms with Crippen LogP contribution in [0.1, 0.15) is 41.6 Å². The average Bonchev–Trinajstić information content (AvgIpc) is 3.20. The third kappa shape index (κ3) is 1.80. The molecule has 0 amide bonds. The first-order valence-corrected chi connectivity index (χ1v) is 7.62. The molecule has 0 fully saturated rings. The van der Waals surface area contributed by atoms with Crippen LogP contribution in [0.15, 0.2) is 41.8 Å². The molecule has 0 bridgehead atoms. The molecule has 2 aromatic heterocycles. The highest BCUT2D eigenvalue weighted by atomic mass is 32.1. The highest BCUT2D eigenvalue weighted by Gasteiger charge is 2.36. The molecule has 0 atom stereocenters. The van der Waals surface area contributed by atoms with Gasteiger partial charge in [-0.3, -0.25) is 14.4 Å². The maximum Gasteiger partial charge on any atom is 0.290 e. The van der Waals surface area contributed by atoms with Gasteiger partial charge in [0, 0.05) is 11.1 Å². The van der Waals surface area contributed by atoms with Gasteiger partial charge in [-0.2, -0.15) is 9.78 Å². The Balaban J connectivity index is 1.92. The van der Waals surface area contributed by atoms with Gasteiger partial charge in [-0.25, -0.2) is 0 Å². The molecule has 0 spiro atoms. The Bertz CT molecular complexity index is 986. The molecular formula is C16H9N3O3S. The zero-order valence-electron chi connectivity index (χ0n) is 11.6. The fourth-order valence-corrected chi connectivity index (χ4v) is 3.26. The number of hydrogen-bond acceptors (Lipinski definition) is 6. The van der Waals surface area contributed by atoms with Gasteiger partial charge in [0.15, 0.2) is 5.78 Å². The summed E-state index contributed by atoms with van der Waals surface area (Å²) in [6.07, 6.45) is 0. The molecule has 0 saturated heterocycles. The van der Waals surface area contributed by atoms with Crippen LogP contribution >= 0.6 is 11.3 Å². The zero-order chi connectivity index (χ0) is 16.1. The van der Waals surface area contributed by atoms with E-state index in [1.165, 1.54) is 11.3 Å². The molecule has 112 valence electrons. The third-order valence-corrected chi connectivity index (χ3v) is 4.56. The van der Waals surface area contributed by atoms with E-state index < -0.39 is 17.5 Å². The Kier molecular flexibility index (Phi) is 2.79. The van der Waals surface area contributed by atoms with Crippen molar-refractivity contribution in [2.24, 2.45) is 0 Å². The molecule has 1 aliphatic carbocycles. The Morgan fingerprint density at radius 3 is 2.39 bits per heavy atom. The topological polar surface area (TPSA) is 95.0 Å². The van der Waals surface area contributed by atoms with Crippen molar-refractivity contribution in [2.75, 3.05) is 5.73 Å². The Labute approximate surface area is 134 Å². The molecule has 1 aliphatic rings. The fraction of sp³-hybridized carbons (Fsp3) is 0. The number of hydrogen-bond donors (Lipinski definition) is 1. The van der Waals surface area contributed by atoms with Gasteiger partial charge in [-0.15, -0.1) is 11.3 Å². The highest BCUT2D eigenvalue weighted by molar-refractivity contribution is 7.12. The predicted molar refractivity (Wildman–Crippen MR) is 84.0 cm³/mol. The summed E-state index contributed by atoms with van der Waals surface area (Å²) in [5.41, 5.74) is 6.43. The molecule has 2 heterocycles. The van der Waals surface area contributed by atoms with Gasteiger partial charge in [0.05, 0.1) is 10.4 Å². The third-order valence-electron chi connectivity index (χ3n) is 3.70. The second kappa shape index (κ2) is 4.72. The minimum atomic E-state index is -0.462. The van der Waals surface area contributed by atoms with E-state index in [9.17, 15) is 14.4 Å². The van der Waals surface area contributed by atoms with Crippen LogP contribution in [0, 0.1) is 0 Å². The number of nitrogens with zero attached hydrogens (tertiary/aromatic N) is 2. The molecule has 0 saturated carbocycles. The largest absolute Gasteiger partial charge is 0.383 e. The number of nitrogen functional groups attached to an aromatic ring is 1. The number of nitrogens with two attached hydrogens (primary N) is 1. The molecule has 6 nitrogen and oxygen atoms in total. The fourth-order valence-electron chi connectivity index (χ4n) is 2.61. The van der Waals surface area contributed by atoms with Crippen LogP contribution < -0.4 is 5.73 Å². The number of fused-ring (bicyclic) bond motifs is 2. The summed E-state index contributed by atoms with van der Waals surface area (Å²) in [4.78, 5) is 38.0. The Morgan fingerprint density at radius 1 is 1.04 bits per heavy atom. The lowest BCUT2D eigenvalue weighted by molar-refractivity contribution is 0.0949. The maximum absolute atomic E-state index is 12.6. The standard InChI is InChI=1S/C16H9N3O3S/c17-15-11-12(18-19(15)16(22)10-6-3-7-23-10)14(21)9-5-2-1-4-8(9)13(11)20/h1-7H,17H2. The summed E-state index contributed by atoms with van der Waals surface area (Å²) in [5.74, 6) is -1.36. The van der Waals surface area contributed by atoms with Crippen LogP contribution in [-0.2, 0) is 0 Å². The summed E-state index contributed by atoms with van der Waals surface area (Å²) in [6.45, 7) is 0. The molecule has 2 N–H and O–H groups in total. The number of carbonyl (C=O) groups is 3. The average molecular weight is 323 g/mol. The van der Waals surface area contributed by atoms with E-state index in [4.69, 9.17) is 5.73 Å². The van der Waals surface area contributed by atoms with Crippen LogP contribution in [0.3, 0.4) is 0 Å². The summed E-state index contributed by atoms with van der Waals surface area (Å²) < 4.78 is 0.929. The van der Waals surface area contributed by atoms with Crippen molar-refractivity contribution in [3.63, 3.8) is 0 Å². The van der Waals surface area contributed by atoms with Crippen molar-refractivity contribution >= 4 is 34.6 Å². The van der Waals surface area contributed by atoms with Gasteiger partial charge >= 0.3 is 0 Å². The van der Waals surface area contributed by atoms with Crippen LogP contribution in [0.25, 0.3) is 0 Å². The number of thiophene rings is 1. The van der Waals surface area contributed by atoms with Gasteiger partial charge in [0.25, 0.3) is 5.91 Å². The number of carbonyl (C=O) groups excluding carboxylic acids is 3. The lowest BCUT2D eigenvalue weighted by atomic mass is 9.88. The van der Waals surface area contributed by atoms with Crippen molar-refractivity contribution in [3.05, 3.63) is 69.0 Å². The molecule has 0 radical (unpaired) electrons. The number of anilines is 1. The number of rotatable bonds is 1. The molecule has 0 aliphatic heterocycles. The van der Waals surface area contributed by atoms with Gasteiger partial charge < -0.3 is 5.73 Å². The van der Waals surface area contributed by atoms with E-state index in [-0.39, 0.29) is 28.2 Å². The van der Waals surface area contributed by atoms with E-state index in [2.05, 4.69) is 5.10 Å². The summed E-state index contributed by atoms with van der Waals surface area (Å²) in [5, 5.41) is 5.76. The SMILES string of the molecule is Nc1c2c(nn1C(=O)c1cccs1)C(=O)c1ccccc1C2=O. The summed E-state index contributed by atoms with van der Waals surface area (Å²) in [6, 6.07) is 9.83. The Hall–Kier alpha value is -3.06. The van der Waals surface area contributed by atoms with Crippen molar-refractivity contribution in [3.8, 4) is 0 Å². The molecule has 23 heavy (non-hydrogen) atoms. The minimum Gasteiger partial charge on any atom is -0.383 e. The van der Waals surface area contributed by atoms with Gasteiger partial charge in [-0.1, -0.05) is 30.3 Å². The zero-order valence-corrected chi connectivity index (χ0v) is 12.5. The van der Waals surface area contributed by atoms with Gasteiger partial charge in [0.2, 0.25) is 5.78 Å². The van der Waals surface area contributed by atoms with E-state index in [1.54, 1.807) is 41.8 Å². The van der Waals surface area contributed by atoms with Crippen molar-refractivity contribution in [2.45, 2.75) is 0 Å². The van der Waals surface area contributed by atoms with Crippen LogP contribution in [0.2, 0.25) is 0 Å². The summed E-state index contributed by atoms with van der Waals surface area (Å²) in [7, 11) is 0. The number of aromatic nitrogens is 2. The monoisotopic (exact) mass is 323 g/mol. The molecular weight excluding hydrogens is 314 g/mol. The molecule has 4 rings (SSSR count). The van der Waals surface area contributed by atoms with Crippen molar-refractivity contribution < 1.29 is 14.4 Å². The molecule has 7 heteroatoms. The lowest BCUT2D eigenvalue weighted by Gasteiger charge is -2.12. The first kappa shape index (κ1) is 13.6. The second-order valence-corrected chi connectivity index (χ2v) is 5.95. The maximum atomic E-state index is 12.6. The lowest BCUT2D eigenvalue weighted by Crippen LogP contribution is -2.20. The molecule has 0 unspecified atom stereocenters. The Morgan fingerprint density at radius 2 is 1.74 bits per heavy atom. The van der Waals surface area contributed by atoms with E-state index in [1.807, 2.05) is 0 Å². The van der Waals surface area contributed by atoms with E-state index >= 15 is 0 Å². The van der Waals surface area contributed by atoms with Crippen LogP contribution in [0.4, 0.5) is 5.82 Å². The molecule has 1 aromatic carbocycles. The smallest absolute Gasteiger partial charge is 0.290 e. The quantitative estimate of drug-likeness (QED) is 0.578. The number of benzene rings is 1. The first-order chi connectivity index (χ1) is 11.1. The van der Waals surface area contributed by atoms with E-state index in [0.717, 1.165) is 4.68 Å².